The second-order valence-electron chi connectivity index (χ2n) is 14.5. The standard InChI is InChI=1S/C49H37NO/c1-5-12-43-30(2)36-23-21-35(29-44(36)49(43,3)4)50(33-20-19-31-13-6-7-14-32(31)27-33)34-22-24-38-37-15-8-9-16-39(37)47-40(42(38)28-34)25-26-46-48(47)41-17-10-11-18-45(41)51-46/h5-29H,1-4H3/b12-5-. The Morgan fingerprint density at radius 3 is 2.00 bits per heavy atom. The van der Waals surface area contributed by atoms with Crippen LogP contribution in [-0.2, 0) is 5.41 Å². The van der Waals surface area contributed by atoms with Gasteiger partial charge in [0.1, 0.15) is 11.2 Å². The summed E-state index contributed by atoms with van der Waals surface area (Å²) in [7, 11) is 0. The van der Waals surface area contributed by atoms with Gasteiger partial charge in [-0.05, 0) is 128 Å². The van der Waals surface area contributed by atoms with Crippen LogP contribution in [0.2, 0.25) is 0 Å². The van der Waals surface area contributed by atoms with E-state index in [0.717, 1.165) is 33.6 Å². The first-order valence-corrected chi connectivity index (χ1v) is 17.9. The van der Waals surface area contributed by atoms with Crippen LogP contribution in [0.3, 0.4) is 0 Å². The Kier molecular flexibility index (Phi) is 6.38. The molecule has 0 unspecified atom stereocenters. The lowest BCUT2D eigenvalue weighted by molar-refractivity contribution is 0.654. The summed E-state index contributed by atoms with van der Waals surface area (Å²) in [5, 5.41) is 12.2. The summed E-state index contributed by atoms with van der Waals surface area (Å²) in [6, 6.07) is 51.2. The van der Waals surface area contributed by atoms with Gasteiger partial charge in [0.2, 0.25) is 0 Å². The molecule has 0 atom stereocenters. The summed E-state index contributed by atoms with van der Waals surface area (Å²) < 4.78 is 6.40. The van der Waals surface area contributed by atoms with Crippen LogP contribution < -0.4 is 4.90 Å². The van der Waals surface area contributed by atoms with Gasteiger partial charge in [-0.3, -0.25) is 0 Å². The topological polar surface area (TPSA) is 16.4 Å². The zero-order valence-electron chi connectivity index (χ0n) is 29.3. The second-order valence-corrected chi connectivity index (χ2v) is 14.5. The van der Waals surface area contributed by atoms with Gasteiger partial charge < -0.3 is 9.32 Å². The van der Waals surface area contributed by atoms with Crippen molar-refractivity contribution in [3.8, 4) is 0 Å². The van der Waals surface area contributed by atoms with Gasteiger partial charge in [0.15, 0.2) is 0 Å². The molecule has 9 aromatic rings. The number of para-hydroxylation sites is 1. The van der Waals surface area contributed by atoms with Crippen LogP contribution in [0.5, 0.6) is 0 Å². The highest BCUT2D eigenvalue weighted by atomic mass is 16.3. The summed E-state index contributed by atoms with van der Waals surface area (Å²) in [5.74, 6) is 0. The van der Waals surface area contributed by atoms with Crippen molar-refractivity contribution in [1.82, 2.24) is 0 Å². The van der Waals surface area contributed by atoms with Crippen LogP contribution in [0.25, 0.3) is 70.6 Å². The third-order valence-corrected chi connectivity index (χ3v) is 11.3. The minimum absolute atomic E-state index is 0.103. The van der Waals surface area contributed by atoms with E-state index >= 15 is 0 Å². The zero-order valence-corrected chi connectivity index (χ0v) is 29.3. The van der Waals surface area contributed by atoms with Gasteiger partial charge in [0.05, 0.1) is 0 Å². The van der Waals surface area contributed by atoms with Crippen molar-refractivity contribution < 1.29 is 4.42 Å². The van der Waals surface area contributed by atoms with Crippen LogP contribution in [-0.4, -0.2) is 0 Å². The van der Waals surface area contributed by atoms with E-state index in [2.05, 4.69) is 178 Å². The lowest BCUT2D eigenvalue weighted by Gasteiger charge is -2.29. The van der Waals surface area contributed by atoms with Crippen molar-refractivity contribution in [3.63, 3.8) is 0 Å². The molecule has 0 radical (unpaired) electrons. The molecule has 0 spiro atoms. The van der Waals surface area contributed by atoms with E-state index in [9.17, 15) is 0 Å². The van der Waals surface area contributed by atoms with E-state index in [0.29, 0.717) is 0 Å². The molecule has 0 amide bonds. The molecule has 8 aromatic carbocycles. The molecule has 2 nitrogen and oxygen atoms in total. The Labute approximate surface area is 297 Å². The monoisotopic (exact) mass is 655 g/mol. The third kappa shape index (κ3) is 4.29. The molecule has 0 N–H and O–H groups in total. The Balaban J connectivity index is 1.27. The molecule has 0 saturated heterocycles. The predicted octanol–water partition coefficient (Wildman–Crippen LogP) is 14.3. The largest absolute Gasteiger partial charge is 0.456 e. The molecule has 0 fully saturated rings. The van der Waals surface area contributed by atoms with Gasteiger partial charge in [0, 0.05) is 38.6 Å². The molecule has 1 aromatic heterocycles. The fraction of sp³-hybridized carbons (Fsp3) is 0.102. The van der Waals surface area contributed by atoms with Crippen LogP contribution in [0.4, 0.5) is 17.1 Å². The van der Waals surface area contributed by atoms with Crippen molar-refractivity contribution in [2.75, 3.05) is 4.90 Å². The molecule has 1 aliphatic rings. The van der Waals surface area contributed by atoms with Crippen LogP contribution in [0.1, 0.15) is 38.8 Å². The maximum atomic E-state index is 6.40. The first-order chi connectivity index (χ1) is 24.9. The van der Waals surface area contributed by atoms with Crippen molar-refractivity contribution in [2.45, 2.75) is 33.1 Å². The maximum absolute atomic E-state index is 6.40. The van der Waals surface area contributed by atoms with Gasteiger partial charge >= 0.3 is 0 Å². The average Bonchev–Trinajstić information content (AvgIpc) is 3.63. The van der Waals surface area contributed by atoms with Crippen molar-refractivity contribution in [1.29, 1.82) is 0 Å². The molecule has 1 aliphatic carbocycles. The smallest absolute Gasteiger partial charge is 0.136 e. The predicted molar refractivity (Wildman–Crippen MR) is 219 cm³/mol. The third-order valence-electron chi connectivity index (χ3n) is 11.3. The Morgan fingerprint density at radius 1 is 0.529 bits per heavy atom. The van der Waals surface area contributed by atoms with Crippen LogP contribution in [0.15, 0.2) is 162 Å². The van der Waals surface area contributed by atoms with Crippen molar-refractivity contribution in [2.24, 2.45) is 0 Å². The summed E-state index contributed by atoms with van der Waals surface area (Å²) >= 11 is 0. The number of hydrogen-bond donors (Lipinski definition) is 0. The minimum Gasteiger partial charge on any atom is -0.456 e. The van der Waals surface area contributed by atoms with Gasteiger partial charge in [-0.25, -0.2) is 0 Å². The van der Waals surface area contributed by atoms with E-state index in [-0.39, 0.29) is 5.41 Å². The van der Waals surface area contributed by atoms with Crippen molar-refractivity contribution in [3.05, 3.63) is 168 Å². The highest BCUT2D eigenvalue weighted by Gasteiger charge is 2.35. The quantitative estimate of drug-likeness (QED) is 0.175. The van der Waals surface area contributed by atoms with E-state index in [1.807, 2.05) is 6.07 Å². The molecule has 2 heteroatoms. The minimum atomic E-state index is -0.103. The first-order valence-electron chi connectivity index (χ1n) is 17.9. The van der Waals surface area contributed by atoms with Gasteiger partial charge in [-0.2, -0.15) is 0 Å². The summed E-state index contributed by atoms with van der Waals surface area (Å²) in [6.07, 6.45) is 4.45. The number of allylic oxidation sites excluding steroid dienone is 4. The maximum Gasteiger partial charge on any atom is 0.136 e. The highest BCUT2D eigenvalue weighted by molar-refractivity contribution is 6.34. The van der Waals surface area contributed by atoms with E-state index in [4.69, 9.17) is 4.42 Å². The first kappa shape index (κ1) is 29.8. The highest BCUT2D eigenvalue weighted by Crippen LogP contribution is 2.50. The van der Waals surface area contributed by atoms with E-state index in [1.165, 1.54) is 70.7 Å². The number of rotatable bonds is 4. The summed E-state index contributed by atoms with van der Waals surface area (Å²) in [6.45, 7) is 9.09. The molecule has 1 heterocycles. The number of hydrogen-bond acceptors (Lipinski definition) is 2. The molecule has 51 heavy (non-hydrogen) atoms. The molecule has 10 rings (SSSR count). The normalized spacial score (nSPS) is 14.3. The zero-order chi connectivity index (χ0) is 34.4. The molecular formula is C49H37NO. The molecular weight excluding hydrogens is 619 g/mol. The Hall–Kier alpha value is -6.12. The van der Waals surface area contributed by atoms with E-state index < -0.39 is 0 Å². The van der Waals surface area contributed by atoms with Crippen LogP contribution >= 0.6 is 0 Å². The van der Waals surface area contributed by atoms with E-state index in [1.54, 1.807) is 0 Å². The lowest BCUT2D eigenvalue weighted by atomic mass is 9.81. The number of nitrogens with zero attached hydrogens (tertiary/aromatic N) is 1. The number of fused-ring (bicyclic) bond motifs is 12. The van der Waals surface area contributed by atoms with Crippen LogP contribution in [0, 0.1) is 0 Å². The second kappa shape index (κ2) is 10.9. The fourth-order valence-corrected chi connectivity index (χ4v) is 8.92. The fourth-order valence-electron chi connectivity index (χ4n) is 8.92. The Morgan fingerprint density at radius 2 is 1.16 bits per heavy atom. The summed E-state index contributed by atoms with van der Waals surface area (Å²) in [5.41, 5.74) is 10.6. The number of benzene rings is 8. The number of furan rings is 1. The molecule has 244 valence electrons. The average molecular weight is 656 g/mol. The molecule has 0 saturated carbocycles. The SMILES string of the molecule is C/C=C\C1=C(C)c2ccc(N(c3ccc4ccccc4c3)c3ccc4c5ccccc5c5c(ccc6oc7ccccc7c65)c4c3)cc2C1(C)C. The van der Waals surface area contributed by atoms with Gasteiger partial charge in [-0.1, -0.05) is 111 Å². The van der Waals surface area contributed by atoms with Gasteiger partial charge in [0.25, 0.3) is 0 Å². The van der Waals surface area contributed by atoms with Crippen molar-refractivity contribution >= 4 is 87.7 Å². The summed E-state index contributed by atoms with van der Waals surface area (Å²) in [4.78, 5) is 2.44. The Bertz CT molecular complexity index is 2970. The molecule has 0 bridgehead atoms. The lowest BCUT2D eigenvalue weighted by Crippen LogP contribution is -2.17. The number of anilines is 3. The van der Waals surface area contributed by atoms with Gasteiger partial charge in [-0.15, -0.1) is 0 Å². The molecule has 0 aliphatic heterocycles.